The predicted octanol–water partition coefficient (Wildman–Crippen LogP) is 2.31. The molecule has 100 valence electrons. The third kappa shape index (κ3) is 4.22. The lowest BCUT2D eigenvalue weighted by Gasteiger charge is -2.08. The molecule has 19 heavy (non-hydrogen) atoms. The van der Waals surface area contributed by atoms with Gasteiger partial charge in [-0.1, -0.05) is 22.0 Å². The summed E-state index contributed by atoms with van der Waals surface area (Å²) in [6, 6.07) is 11.4. The highest BCUT2D eigenvalue weighted by Gasteiger charge is 2.13. The lowest BCUT2D eigenvalue weighted by Crippen LogP contribution is -2.86. The van der Waals surface area contributed by atoms with Gasteiger partial charge in [-0.15, -0.1) is 0 Å². The van der Waals surface area contributed by atoms with Gasteiger partial charge in [-0.3, -0.25) is 4.79 Å². The Morgan fingerprint density at radius 2 is 2.26 bits per heavy atom. The standard InChI is InChI=1S/C14H15BrN2O2/c1-10(13-6-3-7-19-13)16-9-14(18)17-12-5-2-4-11(15)8-12/h2-8,10,16H,9H2,1H3,(H,17,18)/p+1/t10-/m0/s1. The molecule has 0 saturated heterocycles. The normalized spacial score (nSPS) is 12.1. The molecule has 1 heterocycles. The number of hydrogen-bond acceptors (Lipinski definition) is 2. The first-order valence-electron chi connectivity index (χ1n) is 6.07. The Bertz CT molecular complexity index is 540. The van der Waals surface area contributed by atoms with Gasteiger partial charge in [-0.2, -0.15) is 0 Å². The summed E-state index contributed by atoms with van der Waals surface area (Å²) in [5.74, 6) is 0.840. The highest BCUT2D eigenvalue weighted by atomic mass is 79.9. The topological polar surface area (TPSA) is 58.9 Å². The van der Waals surface area contributed by atoms with Crippen molar-refractivity contribution in [1.82, 2.24) is 0 Å². The van der Waals surface area contributed by atoms with Crippen LogP contribution in [0.4, 0.5) is 5.69 Å². The molecule has 0 saturated carbocycles. The zero-order valence-corrected chi connectivity index (χ0v) is 12.2. The summed E-state index contributed by atoms with van der Waals surface area (Å²) < 4.78 is 6.24. The number of quaternary nitrogens is 1. The third-order valence-electron chi connectivity index (χ3n) is 2.76. The number of benzene rings is 1. The van der Waals surface area contributed by atoms with Crippen LogP contribution < -0.4 is 10.6 Å². The van der Waals surface area contributed by atoms with E-state index in [0.717, 1.165) is 15.9 Å². The molecule has 1 atom stereocenters. The van der Waals surface area contributed by atoms with Crippen molar-refractivity contribution in [3.8, 4) is 0 Å². The fourth-order valence-electron chi connectivity index (χ4n) is 1.73. The second-order valence-electron chi connectivity index (χ2n) is 4.30. The lowest BCUT2D eigenvalue weighted by molar-refractivity contribution is -0.684. The summed E-state index contributed by atoms with van der Waals surface area (Å²) >= 11 is 3.37. The fraction of sp³-hybridized carbons (Fsp3) is 0.214. The van der Waals surface area contributed by atoms with Gasteiger partial charge in [0.1, 0.15) is 6.04 Å². The van der Waals surface area contributed by atoms with Crippen molar-refractivity contribution < 1.29 is 14.5 Å². The molecule has 0 spiro atoms. The van der Waals surface area contributed by atoms with E-state index >= 15 is 0 Å². The second-order valence-corrected chi connectivity index (χ2v) is 5.22. The third-order valence-corrected chi connectivity index (χ3v) is 3.25. The minimum absolute atomic E-state index is 0.0310. The van der Waals surface area contributed by atoms with Gasteiger partial charge in [-0.05, 0) is 37.3 Å². The SMILES string of the molecule is C[C@H]([NH2+]CC(=O)Nc1cccc(Br)c1)c1ccco1. The van der Waals surface area contributed by atoms with E-state index in [1.54, 1.807) is 6.26 Å². The van der Waals surface area contributed by atoms with Gasteiger partial charge in [0.15, 0.2) is 12.3 Å². The van der Waals surface area contributed by atoms with Gasteiger partial charge in [0, 0.05) is 10.2 Å². The maximum absolute atomic E-state index is 11.8. The van der Waals surface area contributed by atoms with Crippen molar-refractivity contribution in [2.75, 3.05) is 11.9 Å². The smallest absolute Gasteiger partial charge is 0.279 e. The van der Waals surface area contributed by atoms with E-state index in [1.807, 2.05) is 48.6 Å². The predicted molar refractivity (Wildman–Crippen MR) is 76.7 cm³/mol. The summed E-state index contributed by atoms with van der Waals surface area (Å²) in [5, 5.41) is 4.79. The maximum Gasteiger partial charge on any atom is 0.279 e. The van der Waals surface area contributed by atoms with Crippen LogP contribution in [0.5, 0.6) is 0 Å². The largest absolute Gasteiger partial charge is 0.463 e. The molecule has 1 aromatic carbocycles. The number of anilines is 1. The van der Waals surface area contributed by atoms with Crippen LogP contribution in [0, 0.1) is 0 Å². The van der Waals surface area contributed by atoms with Crippen molar-refractivity contribution in [2.24, 2.45) is 0 Å². The Balaban J connectivity index is 1.82. The van der Waals surface area contributed by atoms with E-state index in [1.165, 1.54) is 0 Å². The van der Waals surface area contributed by atoms with Crippen LogP contribution in [-0.2, 0) is 4.79 Å². The molecular weight excluding hydrogens is 308 g/mol. The van der Waals surface area contributed by atoms with Crippen LogP contribution in [0.2, 0.25) is 0 Å². The molecule has 0 aliphatic carbocycles. The molecule has 0 fully saturated rings. The number of nitrogens with two attached hydrogens (primary N) is 1. The van der Waals surface area contributed by atoms with Crippen LogP contribution in [-0.4, -0.2) is 12.5 Å². The minimum atomic E-state index is -0.0310. The molecule has 0 aliphatic heterocycles. The monoisotopic (exact) mass is 323 g/mol. The number of carbonyl (C=O) groups is 1. The molecule has 2 aromatic rings. The van der Waals surface area contributed by atoms with Crippen LogP contribution in [0.3, 0.4) is 0 Å². The number of rotatable bonds is 5. The minimum Gasteiger partial charge on any atom is -0.463 e. The van der Waals surface area contributed by atoms with E-state index in [2.05, 4.69) is 21.2 Å². The maximum atomic E-state index is 11.8. The summed E-state index contributed by atoms with van der Waals surface area (Å²) in [6.07, 6.45) is 1.64. The Labute approximate surface area is 120 Å². The quantitative estimate of drug-likeness (QED) is 0.887. The molecule has 5 heteroatoms. The molecule has 1 amide bonds. The first kappa shape index (κ1) is 13.8. The Morgan fingerprint density at radius 1 is 1.42 bits per heavy atom. The molecule has 4 nitrogen and oxygen atoms in total. The number of carbonyl (C=O) groups excluding carboxylic acids is 1. The van der Waals surface area contributed by atoms with Crippen molar-refractivity contribution in [3.63, 3.8) is 0 Å². The van der Waals surface area contributed by atoms with Crippen LogP contribution in [0.25, 0.3) is 0 Å². The first-order valence-corrected chi connectivity index (χ1v) is 6.86. The van der Waals surface area contributed by atoms with E-state index in [9.17, 15) is 4.79 Å². The first-order chi connectivity index (χ1) is 9.15. The van der Waals surface area contributed by atoms with Gasteiger partial charge in [0.05, 0.1) is 6.26 Å². The molecular formula is C14H16BrN2O2+. The van der Waals surface area contributed by atoms with Gasteiger partial charge >= 0.3 is 0 Å². The number of furan rings is 1. The molecule has 0 bridgehead atoms. The average Bonchev–Trinajstić information content (AvgIpc) is 2.90. The molecule has 0 radical (unpaired) electrons. The van der Waals surface area contributed by atoms with Gasteiger partial charge < -0.3 is 15.1 Å². The summed E-state index contributed by atoms with van der Waals surface area (Å²) in [6.45, 7) is 2.36. The van der Waals surface area contributed by atoms with E-state index in [-0.39, 0.29) is 11.9 Å². The number of amides is 1. The highest BCUT2D eigenvalue weighted by Crippen LogP contribution is 2.15. The summed E-state index contributed by atoms with van der Waals surface area (Å²) in [5.41, 5.74) is 0.790. The van der Waals surface area contributed by atoms with E-state index in [4.69, 9.17) is 4.42 Å². The van der Waals surface area contributed by atoms with Gasteiger partial charge in [0.2, 0.25) is 0 Å². The Hall–Kier alpha value is -1.59. The van der Waals surface area contributed by atoms with Crippen LogP contribution >= 0.6 is 15.9 Å². The average molecular weight is 324 g/mol. The number of halogens is 1. The molecule has 0 aliphatic rings. The fourth-order valence-corrected chi connectivity index (χ4v) is 2.13. The molecule has 1 aromatic heterocycles. The van der Waals surface area contributed by atoms with Gasteiger partial charge in [-0.25, -0.2) is 0 Å². The molecule has 2 rings (SSSR count). The highest BCUT2D eigenvalue weighted by molar-refractivity contribution is 9.10. The second kappa shape index (κ2) is 6.54. The molecule has 3 N–H and O–H groups in total. The van der Waals surface area contributed by atoms with E-state index < -0.39 is 0 Å². The lowest BCUT2D eigenvalue weighted by atomic mass is 10.2. The van der Waals surface area contributed by atoms with Crippen molar-refractivity contribution in [2.45, 2.75) is 13.0 Å². The molecule has 0 unspecified atom stereocenters. The van der Waals surface area contributed by atoms with Crippen LogP contribution in [0.15, 0.2) is 51.6 Å². The van der Waals surface area contributed by atoms with E-state index in [0.29, 0.717) is 6.54 Å². The zero-order valence-electron chi connectivity index (χ0n) is 10.6. The Kier molecular flexibility index (Phi) is 4.76. The number of hydrogen-bond donors (Lipinski definition) is 2. The van der Waals surface area contributed by atoms with Crippen LogP contribution in [0.1, 0.15) is 18.7 Å². The zero-order chi connectivity index (χ0) is 13.7. The van der Waals surface area contributed by atoms with Gasteiger partial charge in [0.25, 0.3) is 5.91 Å². The van der Waals surface area contributed by atoms with Crippen molar-refractivity contribution in [1.29, 1.82) is 0 Å². The Morgan fingerprint density at radius 3 is 2.95 bits per heavy atom. The van der Waals surface area contributed by atoms with Crippen molar-refractivity contribution in [3.05, 3.63) is 52.9 Å². The summed E-state index contributed by atoms with van der Waals surface area (Å²) in [4.78, 5) is 11.8. The number of nitrogens with one attached hydrogen (secondary N) is 1. The summed E-state index contributed by atoms with van der Waals surface area (Å²) in [7, 11) is 0. The van der Waals surface area contributed by atoms with Crippen molar-refractivity contribution >= 4 is 27.5 Å².